The van der Waals surface area contributed by atoms with E-state index in [4.69, 9.17) is 0 Å². The SMILES string of the molecule is Cn1ncc2c(=O)[nH]c(CN3CCCC(C(=O)NCC4CC4)C3)nc21. The van der Waals surface area contributed by atoms with Crippen molar-refractivity contribution in [1.82, 2.24) is 30.0 Å². The summed E-state index contributed by atoms with van der Waals surface area (Å²) in [5, 5.41) is 7.67. The van der Waals surface area contributed by atoms with E-state index in [0.29, 0.717) is 35.9 Å². The zero-order chi connectivity index (χ0) is 17.4. The number of likely N-dealkylation sites (tertiary alicyclic amines) is 1. The Labute approximate surface area is 145 Å². The van der Waals surface area contributed by atoms with Gasteiger partial charge in [-0.1, -0.05) is 0 Å². The standard InChI is InChI=1S/C17H24N6O2/c1-22-15-13(8-19-22)17(25)21-14(20-15)10-23-6-2-3-12(9-23)16(24)18-7-11-4-5-11/h8,11-12H,2-7,9-10H2,1H3,(H,18,24)(H,20,21,25). The van der Waals surface area contributed by atoms with Gasteiger partial charge in [0.25, 0.3) is 5.56 Å². The first-order valence-electron chi connectivity index (χ1n) is 9.01. The molecule has 0 aromatic carbocycles. The van der Waals surface area contributed by atoms with E-state index in [2.05, 4.69) is 25.3 Å². The largest absolute Gasteiger partial charge is 0.356 e. The topological polar surface area (TPSA) is 95.9 Å². The van der Waals surface area contributed by atoms with Crippen molar-refractivity contribution in [3.8, 4) is 0 Å². The molecule has 1 atom stereocenters. The van der Waals surface area contributed by atoms with Crippen molar-refractivity contribution in [3.63, 3.8) is 0 Å². The molecule has 2 N–H and O–H groups in total. The molecule has 1 saturated heterocycles. The van der Waals surface area contributed by atoms with Gasteiger partial charge in [-0.2, -0.15) is 5.10 Å². The summed E-state index contributed by atoms with van der Waals surface area (Å²) < 4.78 is 1.61. The quantitative estimate of drug-likeness (QED) is 0.818. The molecule has 1 aliphatic carbocycles. The van der Waals surface area contributed by atoms with Gasteiger partial charge in [0.2, 0.25) is 5.91 Å². The molecule has 1 aliphatic heterocycles. The van der Waals surface area contributed by atoms with E-state index in [0.717, 1.165) is 25.9 Å². The van der Waals surface area contributed by atoms with Gasteiger partial charge in [-0.05, 0) is 38.1 Å². The Morgan fingerprint density at radius 3 is 3.04 bits per heavy atom. The third kappa shape index (κ3) is 3.58. The number of rotatable bonds is 5. The molecule has 1 unspecified atom stereocenters. The zero-order valence-corrected chi connectivity index (χ0v) is 14.5. The molecule has 8 heteroatoms. The lowest BCUT2D eigenvalue weighted by molar-refractivity contribution is -0.126. The first kappa shape index (κ1) is 16.3. The summed E-state index contributed by atoms with van der Waals surface area (Å²) >= 11 is 0. The normalized spacial score (nSPS) is 21.6. The van der Waals surface area contributed by atoms with E-state index >= 15 is 0 Å². The van der Waals surface area contributed by atoms with Gasteiger partial charge < -0.3 is 10.3 Å². The minimum absolute atomic E-state index is 0.0275. The molecule has 0 radical (unpaired) electrons. The fourth-order valence-electron chi connectivity index (χ4n) is 3.49. The van der Waals surface area contributed by atoms with Crippen LogP contribution in [0.25, 0.3) is 11.0 Å². The van der Waals surface area contributed by atoms with Gasteiger partial charge in [0.15, 0.2) is 5.65 Å². The highest BCUT2D eigenvalue weighted by molar-refractivity contribution is 5.79. The van der Waals surface area contributed by atoms with E-state index in [9.17, 15) is 9.59 Å². The van der Waals surface area contributed by atoms with Gasteiger partial charge in [0.05, 0.1) is 18.7 Å². The molecule has 2 fully saturated rings. The van der Waals surface area contributed by atoms with Crippen LogP contribution in [0.3, 0.4) is 0 Å². The van der Waals surface area contributed by atoms with E-state index in [-0.39, 0.29) is 17.4 Å². The molecule has 8 nitrogen and oxygen atoms in total. The van der Waals surface area contributed by atoms with Gasteiger partial charge in [0, 0.05) is 20.1 Å². The van der Waals surface area contributed by atoms with Crippen LogP contribution in [-0.2, 0) is 18.4 Å². The number of carbonyl (C=O) groups excluding carboxylic acids is 1. The van der Waals surface area contributed by atoms with Crippen molar-refractivity contribution in [2.24, 2.45) is 18.9 Å². The molecule has 134 valence electrons. The van der Waals surface area contributed by atoms with Crippen LogP contribution in [0.4, 0.5) is 0 Å². The van der Waals surface area contributed by atoms with Crippen LogP contribution < -0.4 is 10.9 Å². The number of aromatic nitrogens is 4. The predicted molar refractivity (Wildman–Crippen MR) is 92.9 cm³/mol. The van der Waals surface area contributed by atoms with Crippen LogP contribution in [0, 0.1) is 11.8 Å². The minimum atomic E-state index is -0.163. The molecule has 1 saturated carbocycles. The van der Waals surface area contributed by atoms with Gasteiger partial charge in [-0.3, -0.25) is 19.2 Å². The number of hydrogen-bond acceptors (Lipinski definition) is 5. The van der Waals surface area contributed by atoms with Gasteiger partial charge in [-0.25, -0.2) is 4.98 Å². The monoisotopic (exact) mass is 344 g/mol. The molecular weight excluding hydrogens is 320 g/mol. The number of piperidine rings is 1. The fourth-order valence-corrected chi connectivity index (χ4v) is 3.49. The number of aryl methyl sites for hydroxylation is 1. The lowest BCUT2D eigenvalue weighted by atomic mass is 9.97. The molecule has 2 aromatic rings. The van der Waals surface area contributed by atoms with E-state index in [1.54, 1.807) is 11.7 Å². The highest BCUT2D eigenvalue weighted by Gasteiger charge is 2.28. The van der Waals surface area contributed by atoms with Crippen LogP contribution >= 0.6 is 0 Å². The van der Waals surface area contributed by atoms with Crippen LogP contribution in [0.2, 0.25) is 0 Å². The number of aromatic amines is 1. The third-order valence-electron chi connectivity index (χ3n) is 5.16. The number of hydrogen-bond donors (Lipinski definition) is 2. The molecule has 4 rings (SSSR count). The lowest BCUT2D eigenvalue weighted by Crippen LogP contribution is -2.43. The second kappa shape index (κ2) is 6.59. The second-order valence-electron chi connectivity index (χ2n) is 7.28. The highest BCUT2D eigenvalue weighted by Crippen LogP contribution is 2.28. The molecular formula is C17H24N6O2. The maximum Gasteiger partial charge on any atom is 0.262 e. The Balaban J connectivity index is 1.42. The van der Waals surface area contributed by atoms with E-state index in [1.165, 1.54) is 19.0 Å². The van der Waals surface area contributed by atoms with Gasteiger partial charge in [0.1, 0.15) is 11.2 Å². The van der Waals surface area contributed by atoms with Crippen molar-refractivity contribution in [3.05, 3.63) is 22.4 Å². The number of H-pyrrole nitrogens is 1. The Hall–Kier alpha value is -2.22. The molecule has 3 heterocycles. The maximum absolute atomic E-state index is 12.3. The van der Waals surface area contributed by atoms with Gasteiger partial charge in [-0.15, -0.1) is 0 Å². The smallest absolute Gasteiger partial charge is 0.262 e. The van der Waals surface area contributed by atoms with Crippen molar-refractivity contribution in [2.75, 3.05) is 19.6 Å². The molecule has 0 spiro atoms. The predicted octanol–water partition coefficient (Wildman–Crippen LogP) is 0.395. The van der Waals surface area contributed by atoms with Gasteiger partial charge >= 0.3 is 0 Å². The van der Waals surface area contributed by atoms with Crippen molar-refractivity contribution >= 4 is 16.9 Å². The van der Waals surface area contributed by atoms with E-state index < -0.39 is 0 Å². The maximum atomic E-state index is 12.3. The van der Waals surface area contributed by atoms with Crippen LogP contribution in [0.5, 0.6) is 0 Å². The molecule has 2 aliphatic rings. The number of nitrogens with zero attached hydrogens (tertiary/aromatic N) is 4. The number of amides is 1. The molecule has 25 heavy (non-hydrogen) atoms. The average molecular weight is 344 g/mol. The third-order valence-corrected chi connectivity index (χ3v) is 5.16. The summed E-state index contributed by atoms with van der Waals surface area (Å²) in [5.41, 5.74) is 0.429. The first-order valence-corrected chi connectivity index (χ1v) is 9.01. The average Bonchev–Trinajstić information content (AvgIpc) is 3.36. The summed E-state index contributed by atoms with van der Waals surface area (Å²) in [6.07, 6.45) is 5.93. The summed E-state index contributed by atoms with van der Waals surface area (Å²) in [4.78, 5) is 34.1. The van der Waals surface area contributed by atoms with Crippen molar-refractivity contribution in [1.29, 1.82) is 0 Å². The molecule has 1 amide bonds. The number of carbonyl (C=O) groups is 1. The van der Waals surface area contributed by atoms with Crippen LogP contribution in [-0.4, -0.2) is 50.2 Å². The Kier molecular flexibility index (Phi) is 4.29. The number of nitrogens with one attached hydrogen (secondary N) is 2. The van der Waals surface area contributed by atoms with Crippen molar-refractivity contribution < 1.29 is 4.79 Å². The Morgan fingerprint density at radius 2 is 2.24 bits per heavy atom. The fraction of sp³-hybridized carbons (Fsp3) is 0.647. The number of fused-ring (bicyclic) bond motifs is 1. The zero-order valence-electron chi connectivity index (χ0n) is 14.5. The Morgan fingerprint density at radius 1 is 1.40 bits per heavy atom. The summed E-state index contributed by atoms with van der Waals surface area (Å²) in [5.74, 6) is 1.52. The highest BCUT2D eigenvalue weighted by atomic mass is 16.2. The van der Waals surface area contributed by atoms with Crippen molar-refractivity contribution in [2.45, 2.75) is 32.2 Å². The molecule has 2 aromatic heterocycles. The first-order chi connectivity index (χ1) is 12.1. The van der Waals surface area contributed by atoms with Crippen LogP contribution in [0.15, 0.2) is 11.0 Å². The second-order valence-corrected chi connectivity index (χ2v) is 7.28. The Bertz CT molecular complexity index is 837. The summed E-state index contributed by atoms with van der Waals surface area (Å²) in [7, 11) is 1.78. The van der Waals surface area contributed by atoms with Crippen LogP contribution in [0.1, 0.15) is 31.5 Å². The summed E-state index contributed by atoms with van der Waals surface area (Å²) in [6.45, 7) is 2.99. The minimum Gasteiger partial charge on any atom is -0.356 e. The molecule has 0 bridgehead atoms. The lowest BCUT2D eigenvalue weighted by Gasteiger charge is -2.31. The van der Waals surface area contributed by atoms with E-state index in [1.807, 2.05) is 0 Å². The summed E-state index contributed by atoms with van der Waals surface area (Å²) in [6, 6.07) is 0.